The fourth-order valence-corrected chi connectivity index (χ4v) is 2.67. The van der Waals surface area contributed by atoms with Crippen LogP contribution in [0.5, 0.6) is 5.75 Å². The number of carbonyl (C=O) groups is 1. The Labute approximate surface area is 108 Å². The number of Topliss-reactive ketones (excluding diaryl/α,β-unsaturated/α-hetero) is 1. The topological polar surface area (TPSA) is 52.3 Å². The van der Waals surface area contributed by atoms with Crippen LogP contribution in [-0.4, -0.2) is 19.4 Å². The molecule has 98 valence electrons. The second-order valence-corrected chi connectivity index (χ2v) is 5.05. The summed E-state index contributed by atoms with van der Waals surface area (Å²) in [4.78, 5) is 12.4. The average molecular weight is 247 g/mol. The first-order valence-electron chi connectivity index (χ1n) is 6.63. The molecule has 0 bridgehead atoms. The van der Waals surface area contributed by atoms with Crippen LogP contribution >= 0.6 is 0 Å². The molecule has 0 heterocycles. The van der Waals surface area contributed by atoms with Crippen molar-refractivity contribution < 1.29 is 9.53 Å². The first kappa shape index (κ1) is 13.1. The van der Waals surface area contributed by atoms with Gasteiger partial charge in [0, 0.05) is 11.5 Å². The van der Waals surface area contributed by atoms with Crippen LogP contribution in [0.4, 0.5) is 0 Å². The summed E-state index contributed by atoms with van der Waals surface area (Å²) in [6.07, 6.45) is 4.10. The predicted octanol–water partition coefficient (Wildman–Crippen LogP) is 2.64. The molecule has 2 rings (SSSR count). The minimum Gasteiger partial charge on any atom is -0.497 e. The van der Waals surface area contributed by atoms with Gasteiger partial charge in [-0.25, -0.2) is 0 Å². The van der Waals surface area contributed by atoms with Crippen molar-refractivity contribution in [3.05, 3.63) is 29.8 Å². The monoisotopic (exact) mass is 247 g/mol. The van der Waals surface area contributed by atoms with Crippen molar-refractivity contribution in [2.75, 3.05) is 13.7 Å². The van der Waals surface area contributed by atoms with Crippen LogP contribution in [0.25, 0.3) is 0 Å². The maximum atomic E-state index is 12.4. The molecule has 0 unspecified atom stereocenters. The first-order chi connectivity index (χ1) is 8.74. The summed E-state index contributed by atoms with van der Waals surface area (Å²) in [7, 11) is 1.62. The zero-order valence-corrected chi connectivity index (χ0v) is 10.9. The van der Waals surface area contributed by atoms with Crippen LogP contribution in [-0.2, 0) is 0 Å². The molecule has 2 N–H and O–H groups in total. The molecule has 1 aromatic carbocycles. The van der Waals surface area contributed by atoms with Gasteiger partial charge in [-0.3, -0.25) is 4.79 Å². The molecule has 0 aliphatic heterocycles. The molecule has 1 aliphatic carbocycles. The molecule has 0 amide bonds. The largest absolute Gasteiger partial charge is 0.497 e. The summed E-state index contributed by atoms with van der Waals surface area (Å²) in [6, 6.07) is 7.44. The quantitative estimate of drug-likeness (QED) is 0.832. The Hall–Kier alpha value is -1.35. The van der Waals surface area contributed by atoms with Crippen LogP contribution in [0.3, 0.4) is 0 Å². The van der Waals surface area contributed by atoms with Crippen LogP contribution in [0, 0.1) is 11.8 Å². The maximum Gasteiger partial charge on any atom is 0.166 e. The third-order valence-corrected chi connectivity index (χ3v) is 3.91. The van der Waals surface area contributed by atoms with E-state index in [4.69, 9.17) is 10.5 Å². The van der Waals surface area contributed by atoms with Crippen molar-refractivity contribution >= 4 is 5.78 Å². The number of benzene rings is 1. The van der Waals surface area contributed by atoms with E-state index in [2.05, 4.69) is 0 Å². The smallest absolute Gasteiger partial charge is 0.166 e. The summed E-state index contributed by atoms with van der Waals surface area (Å²) >= 11 is 0. The molecule has 3 heteroatoms. The molecule has 1 saturated carbocycles. The number of ketones is 1. The third-order valence-electron chi connectivity index (χ3n) is 3.91. The molecule has 0 atom stereocenters. The highest BCUT2D eigenvalue weighted by Crippen LogP contribution is 2.31. The lowest BCUT2D eigenvalue weighted by Crippen LogP contribution is -2.25. The summed E-state index contributed by atoms with van der Waals surface area (Å²) in [5.41, 5.74) is 6.44. The van der Waals surface area contributed by atoms with E-state index in [1.807, 2.05) is 24.3 Å². The summed E-state index contributed by atoms with van der Waals surface area (Å²) < 4.78 is 5.16. The Morgan fingerprint density at radius 2 is 2.06 bits per heavy atom. The van der Waals surface area contributed by atoms with Crippen molar-refractivity contribution in [2.45, 2.75) is 25.7 Å². The Bertz CT molecular complexity index is 409. The van der Waals surface area contributed by atoms with Crippen LogP contribution in [0.2, 0.25) is 0 Å². The van der Waals surface area contributed by atoms with Gasteiger partial charge in [-0.05, 0) is 50.3 Å². The van der Waals surface area contributed by atoms with Crippen LogP contribution < -0.4 is 10.5 Å². The van der Waals surface area contributed by atoms with Gasteiger partial charge in [0.1, 0.15) is 5.75 Å². The van der Waals surface area contributed by atoms with E-state index in [1.165, 1.54) is 0 Å². The molecule has 0 aromatic heterocycles. The normalized spacial score (nSPS) is 23.7. The second kappa shape index (κ2) is 6.01. The van der Waals surface area contributed by atoms with Crippen molar-refractivity contribution in [1.82, 2.24) is 0 Å². The van der Waals surface area contributed by atoms with Gasteiger partial charge in [0.05, 0.1) is 7.11 Å². The van der Waals surface area contributed by atoms with Crippen molar-refractivity contribution in [3.8, 4) is 5.75 Å². The predicted molar refractivity (Wildman–Crippen MR) is 71.8 cm³/mol. The van der Waals surface area contributed by atoms with Gasteiger partial charge in [0.25, 0.3) is 0 Å². The highest BCUT2D eigenvalue weighted by atomic mass is 16.5. The van der Waals surface area contributed by atoms with Gasteiger partial charge in [-0.15, -0.1) is 0 Å². The fraction of sp³-hybridized carbons (Fsp3) is 0.533. The number of methoxy groups -OCH3 is 1. The lowest BCUT2D eigenvalue weighted by molar-refractivity contribution is 0.0873. The molecule has 18 heavy (non-hydrogen) atoms. The van der Waals surface area contributed by atoms with Crippen molar-refractivity contribution in [2.24, 2.45) is 17.6 Å². The molecule has 3 nitrogen and oxygen atoms in total. The third kappa shape index (κ3) is 2.91. The van der Waals surface area contributed by atoms with Crippen LogP contribution in [0.15, 0.2) is 24.3 Å². The lowest BCUT2D eigenvalue weighted by Gasteiger charge is -2.26. The lowest BCUT2D eigenvalue weighted by atomic mass is 9.78. The van der Waals surface area contributed by atoms with E-state index in [0.29, 0.717) is 5.92 Å². The maximum absolute atomic E-state index is 12.4. The van der Waals surface area contributed by atoms with E-state index in [0.717, 1.165) is 43.5 Å². The zero-order chi connectivity index (χ0) is 13.0. The van der Waals surface area contributed by atoms with Crippen molar-refractivity contribution in [1.29, 1.82) is 0 Å². The average Bonchev–Trinajstić information content (AvgIpc) is 2.46. The molecular formula is C15H21NO2. The molecule has 1 aliphatic rings. The van der Waals surface area contributed by atoms with E-state index in [-0.39, 0.29) is 11.7 Å². The Kier molecular flexibility index (Phi) is 4.37. The van der Waals surface area contributed by atoms with Gasteiger partial charge in [-0.2, -0.15) is 0 Å². The van der Waals surface area contributed by atoms with E-state index in [9.17, 15) is 4.79 Å². The SMILES string of the molecule is COc1cccc(C(=O)C2CCC(CN)CC2)c1. The number of nitrogens with two attached hydrogens (primary N) is 1. The minimum atomic E-state index is 0.167. The Morgan fingerprint density at radius 1 is 1.33 bits per heavy atom. The van der Waals surface area contributed by atoms with Gasteiger partial charge < -0.3 is 10.5 Å². The summed E-state index contributed by atoms with van der Waals surface area (Å²) in [5.74, 6) is 1.78. The van der Waals surface area contributed by atoms with Crippen molar-refractivity contribution in [3.63, 3.8) is 0 Å². The Balaban J connectivity index is 2.03. The Morgan fingerprint density at radius 3 is 2.67 bits per heavy atom. The number of hydrogen-bond acceptors (Lipinski definition) is 3. The van der Waals surface area contributed by atoms with Gasteiger partial charge in [-0.1, -0.05) is 12.1 Å². The van der Waals surface area contributed by atoms with E-state index in [1.54, 1.807) is 7.11 Å². The molecule has 0 spiro atoms. The fourth-order valence-electron chi connectivity index (χ4n) is 2.67. The highest BCUT2D eigenvalue weighted by Gasteiger charge is 2.26. The van der Waals surface area contributed by atoms with Crippen LogP contribution in [0.1, 0.15) is 36.0 Å². The van der Waals surface area contributed by atoms with Gasteiger partial charge in [0.15, 0.2) is 5.78 Å². The number of ether oxygens (including phenoxy) is 1. The van der Waals surface area contributed by atoms with E-state index >= 15 is 0 Å². The number of hydrogen-bond donors (Lipinski definition) is 1. The molecule has 0 saturated heterocycles. The summed E-state index contributed by atoms with van der Waals surface area (Å²) in [5, 5.41) is 0. The molecular weight excluding hydrogens is 226 g/mol. The minimum absolute atomic E-state index is 0.167. The number of carbonyl (C=O) groups excluding carboxylic acids is 1. The molecule has 0 radical (unpaired) electrons. The van der Waals surface area contributed by atoms with E-state index < -0.39 is 0 Å². The van der Waals surface area contributed by atoms with Gasteiger partial charge >= 0.3 is 0 Å². The number of rotatable bonds is 4. The zero-order valence-electron chi connectivity index (χ0n) is 10.9. The van der Waals surface area contributed by atoms with Gasteiger partial charge in [0.2, 0.25) is 0 Å². The summed E-state index contributed by atoms with van der Waals surface area (Å²) in [6.45, 7) is 0.750. The standard InChI is InChI=1S/C15H21NO2/c1-18-14-4-2-3-13(9-14)15(17)12-7-5-11(10-16)6-8-12/h2-4,9,11-12H,5-8,10,16H2,1H3. The molecule has 1 fully saturated rings. The highest BCUT2D eigenvalue weighted by molar-refractivity contribution is 5.98. The molecule has 1 aromatic rings. The second-order valence-electron chi connectivity index (χ2n) is 5.05. The first-order valence-corrected chi connectivity index (χ1v) is 6.63.